The molecule has 0 fully saturated rings. The molecule has 2 N–H and O–H groups in total. The van der Waals surface area contributed by atoms with E-state index in [-0.39, 0.29) is 36.6 Å². The van der Waals surface area contributed by atoms with Crippen LogP contribution in [-0.4, -0.2) is 42.8 Å². The van der Waals surface area contributed by atoms with Gasteiger partial charge in [-0.25, -0.2) is 4.39 Å². The fourth-order valence-electron chi connectivity index (χ4n) is 2.54. The van der Waals surface area contributed by atoms with Gasteiger partial charge in [-0.15, -0.1) is 0 Å². The van der Waals surface area contributed by atoms with Crippen LogP contribution in [0.4, 0.5) is 4.39 Å². The molecule has 7 heteroatoms. The van der Waals surface area contributed by atoms with Crippen molar-refractivity contribution in [1.29, 1.82) is 0 Å². The number of rotatable bonds is 8. The van der Waals surface area contributed by atoms with Gasteiger partial charge in [0.2, 0.25) is 11.8 Å². The van der Waals surface area contributed by atoms with Gasteiger partial charge in [0, 0.05) is 31.8 Å². The van der Waals surface area contributed by atoms with Crippen molar-refractivity contribution in [3.05, 3.63) is 77.1 Å². The van der Waals surface area contributed by atoms with Crippen LogP contribution in [0.2, 0.25) is 0 Å². The first kappa shape index (κ1) is 21.8. The highest BCUT2D eigenvalue weighted by Crippen LogP contribution is 2.07. The van der Waals surface area contributed by atoms with Crippen molar-refractivity contribution in [3.8, 4) is 0 Å². The minimum atomic E-state index is -0.335. The summed E-state index contributed by atoms with van der Waals surface area (Å²) in [5, 5.41) is 5.26. The van der Waals surface area contributed by atoms with E-state index in [2.05, 4.69) is 10.6 Å². The number of likely N-dealkylation sites (N-methyl/N-ethyl adjacent to an activating group) is 1. The monoisotopic (exact) mass is 397 g/mol. The molecule has 0 unspecified atom stereocenters. The lowest BCUT2D eigenvalue weighted by atomic mass is 10.1. The third-order valence-corrected chi connectivity index (χ3v) is 4.25. The van der Waals surface area contributed by atoms with E-state index in [1.54, 1.807) is 56.4 Å². The zero-order chi connectivity index (χ0) is 21.2. The predicted molar refractivity (Wildman–Crippen MR) is 109 cm³/mol. The van der Waals surface area contributed by atoms with Gasteiger partial charge in [-0.1, -0.05) is 24.3 Å². The average molecular weight is 397 g/mol. The molecule has 0 spiro atoms. The lowest BCUT2D eigenvalue weighted by molar-refractivity contribution is -0.132. The van der Waals surface area contributed by atoms with E-state index in [1.807, 2.05) is 0 Å². The molecule has 0 aliphatic carbocycles. The van der Waals surface area contributed by atoms with Crippen LogP contribution < -0.4 is 10.6 Å². The first-order valence-corrected chi connectivity index (χ1v) is 9.23. The molecule has 0 radical (unpaired) electrons. The lowest BCUT2D eigenvalue weighted by Crippen LogP contribution is -2.39. The summed E-state index contributed by atoms with van der Waals surface area (Å²) in [6, 6.07) is 12.7. The second kappa shape index (κ2) is 10.8. The third-order valence-electron chi connectivity index (χ3n) is 4.25. The van der Waals surface area contributed by atoms with Gasteiger partial charge in [0.05, 0.1) is 6.54 Å². The highest BCUT2D eigenvalue weighted by atomic mass is 19.1. The number of nitrogens with zero attached hydrogens (tertiary/aromatic N) is 1. The summed E-state index contributed by atoms with van der Waals surface area (Å²) in [6.45, 7) is 2.36. The van der Waals surface area contributed by atoms with Crippen molar-refractivity contribution >= 4 is 23.8 Å². The molecule has 0 aliphatic rings. The van der Waals surface area contributed by atoms with Crippen LogP contribution in [-0.2, 0) is 16.1 Å². The molecule has 29 heavy (non-hydrogen) atoms. The van der Waals surface area contributed by atoms with Crippen LogP contribution >= 0.6 is 0 Å². The van der Waals surface area contributed by atoms with Crippen LogP contribution in [0.5, 0.6) is 0 Å². The van der Waals surface area contributed by atoms with E-state index in [9.17, 15) is 18.8 Å². The summed E-state index contributed by atoms with van der Waals surface area (Å²) in [5.74, 6) is -1.11. The lowest BCUT2D eigenvalue weighted by Gasteiger charge is -2.18. The first-order chi connectivity index (χ1) is 13.9. The van der Waals surface area contributed by atoms with Gasteiger partial charge in [-0.05, 0) is 48.4 Å². The molecule has 0 aliphatic heterocycles. The zero-order valence-corrected chi connectivity index (χ0v) is 16.4. The Morgan fingerprint density at radius 2 is 1.69 bits per heavy atom. The van der Waals surface area contributed by atoms with Crippen molar-refractivity contribution < 1.29 is 18.8 Å². The summed E-state index contributed by atoms with van der Waals surface area (Å²) in [6.07, 6.45) is 3.03. The van der Waals surface area contributed by atoms with Gasteiger partial charge in [-0.3, -0.25) is 14.4 Å². The predicted octanol–water partition coefficient (Wildman–Crippen LogP) is 2.36. The zero-order valence-electron chi connectivity index (χ0n) is 16.4. The molecule has 0 bridgehead atoms. The molecule has 3 amide bonds. The molecule has 0 heterocycles. The Balaban J connectivity index is 1.88. The topological polar surface area (TPSA) is 78.5 Å². The molecule has 0 saturated carbocycles. The Labute approximate surface area is 169 Å². The van der Waals surface area contributed by atoms with Gasteiger partial charge >= 0.3 is 0 Å². The SMILES string of the molecule is CCN(CC(=O)NCc1ccc(F)cc1)C(=O)/C=C/c1ccc(C(=O)NC)cc1. The van der Waals surface area contributed by atoms with Gasteiger partial charge < -0.3 is 15.5 Å². The van der Waals surface area contributed by atoms with Gasteiger partial charge in [-0.2, -0.15) is 0 Å². The van der Waals surface area contributed by atoms with Crippen molar-refractivity contribution in [2.24, 2.45) is 0 Å². The van der Waals surface area contributed by atoms with Crippen LogP contribution in [0, 0.1) is 5.82 Å². The van der Waals surface area contributed by atoms with Crippen molar-refractivity contribution in [1.82, 2.24) is 15.5 Å². The van der Waals surface area contributed by atoms with E-state index in [4.69, 9.17) is 0 Å². The van der Waals surface area contributed by atoms with E-state index in [0.29, 0.717) is 12.1 Å². The highest BCUT2D eigenvalue weighted by Gasteiger charge is 2.13. The van der Waals surface area contributed by atoms with E-state index in [1.165, 1.54) is 23.1 Å². The molecule has 0 saturated heterocycles. The Morgan fingerprint density at radius 3 is 2.28 bits per heavy atom. The third kappa shape index (κ3) is 6.88. The highest BCUT2D eigenvalue weighted by molar-refractivity contribution is 5.95. The summed E-state index contributed by atoms with van der Waals surface area (Å²) in [7, 11) is 1.56. The number of amides is 3. The second-order valence-corrected chi connectivity index (χ2v) is 6.29. The van der Waals surface area contributed by atoms with Gasteiger partial charge in [0.25, 0.3) is 5.91 Å². The molecular weight excluding hydrogens is 373 g/mol. The van der Waals surface area contributed by atoms with Crippen LogP contribution in [0.1, 0.15) is 28.4 Å². The molecule has 0 atom stereocenters. The van der Waals surface area contributed by atoms with Gasteiger partial charge in [0.1, 0.15) is 5.82 Å². The Hall–Kier alpha value is -3.48. The van der Waals surface area contributed by atoms with Crippen molar-refractivity contribution in [2.45, 2.75) is 13.5 Å². The largest absolute Gasteiger partial charge is 0.355 e. The maximum atomic E-state index is 12.9. The maximum Gasteiger partial charge on any atom is 0.251 e. The average Bonchev–Trinajstić information content (AvgIpc) is 2.75. The summed E-state index contributed by atoms with van der Waals surface area (Å²) < 4.78 is 12.9. The van der Waals surface area contributed by atoms with Crippen LogP contribution in [0.15, 0.2) is 54.6 Å². The van der Waals surface area contributed by atoms with E-state index < -0.39 is 0 Å². The molecule has 2 aromatic carbocycles. The molecule has 2 rings (SSSR count). The minimum Gasteiger partial charge on any atom is -0.355 e. The molecule has 2 aromatic rings. The molecule has 152 valence electrons. The number of benzene rings is 2. The number of hydrogen-bond donors (Lipinski definition) is 2. The van der Waals surface area contributed by atoms with Crippen molar-refractivity contribution in [3.63, 3.8) is 0 Å². The van der Waals surface area contributed by atoms with Crippen molar-refractivity contribution in [2.75, 3.05) is 20.1 Å². The summed E-state index contributed by atoms with van der Waals surface area (Å²) >= 11 is 0. The Bertz CT molecular complexity index is 877. The van der Waals surface area contributed by atoms with E-state index >= 15 is 0 Å². The number of nitrogens with one attached hydrogen (secondary N) is 2. The second-order valence-electron chi connectivity index (χ2n) is 6.29. The molecular formula is C22H24FN3O3. The normalized spacial score (nSPS) is 10.6. The van der Waals surface area contributed by atoms with Crippen LogP contribution in [0.3, 0.4) is 0 Å². The smallest absolute Gasteiger partial charge is 0.251 e. The Morgan fingerprint density at radius 1 is 1.03 bits per heavy atom. The van der Waals surface area contributed by atoms with Crippen LogP contribution in [0.25, 0.3) is 6.08 Å². The maximum absolute atomic E-state index is 12.9. The Kier molecular flexibility index (Phi) is 8.09. The molecule has 6 nitrogen and oxygen atoms in total. The van der Waals surface area contributed by atoms with E-state index in [0.717, 1.165) is 11.1 Å². The fraction of sp³-hybridized carbons (Fsp3) is 0.227. The molecule has 0 aromatic heterocycles. The minimum absolute atomic E-state index is 0.0729. The quantitative estimate of drug-likeness (QED) is 0.672. The standard InChI is InChI=1S/C22H24FN3O3/c1-3-26(15-20(27)25-14-17-6-11-19(23)12-7-17)21(28)13-8-16-4-9-18(10-5-16)22(29)24-2/h4-13H,3,14-15H2,1-2H3,(H,24,29)(H,25,27)/b13-8+. The number of hydrogen-bond acceptors (Lipinski definition) is 3. The first-order valence-electron chi connectivity index (χ1n) is 9.23. The number of carbonyl (C=O) groups excluding carboxylic acids is 3. The number of carbonyl (C=O) groups is 3. The van der Waals surface area contributed by atoms with Gasteiger partial charge in [0.15, 0.2) is 0 Å². The number of halogens is 1. The summed E-state index contributed by atoms with van der Waals surface area (Å²) in [4.78, 5) is 37.4. The summed E-state index contributed by atoms with van der Waals surface area (Å²) in [5.41, 5.74) is 2.07. The fourth-order valence-corrected chi connectivity index (χ4v) is 2.54.